The molecule has 1 heterocycles. The van der Waals surface area contributed by atoms with E-state index in [0.29, 0.717) is 32.1 Å². The molecule has 1 fully saturated rings. The molecule has 0 saturated heterocycles. The largest absolute Gasteiger partial charge is 0.378 e. The molecule has 1 aromatic carbocycles. The van der Waals surface area contributed by atoms with E-state index < -0.39 is 10.0 Å². The quantitative estimate of drug-likeness (QED) is 0.722. The maximum absolute atomic E-state index is 12.6. The number of fused-ring (bicyclic) bond motifs is 1. The number of hydrogen-bond donors (Lipinski definition) is 1. The van der Waals surface area contributed by atoms with Crippen LogP contribution in [0.3, 0.4) is 0 Å². The Morgan fingerprint density at radius 2 is 2.00 bits per heavy atom. The molecule has 1 aliphatic heterocycles. The van der Waals surface area contributed by atoms with Gasteiger partial charge in [-0.05, 0) is 56.4 Å². The summed E-state index contributed by atoms with van der Waals surface area (Å²) >= 11 is 0. The van der Waals surface area contributed by atoms with Crippen LogP contribution in [0.4, 0.5) is 5.69 Å². The van der Waals surface area contributed by atoms with E-state index in [1.54, 1.807) is 23.1 Å². The van der Waals surface area contributed by atoms with Crippen molar-refractivity contribution in [2.45, 2.75) is 75.8 Å². The molecule has 0 aromatic heterocycles. The van der Waals surface area contributed by atoms with Crippen LogP contribution in [0, 0.1) is 0 Å². The van der Waals surface area contributed by atoms with E-state index >= 15 is 0 Å². The molecule has 1 aliphatic carbocycles. The lowest BCUT2D eigenvalue weighted by Gasteiger charge is -2.22. The zero-order valence-electron chi connectivity index (χ0n) is 16.2. The second kappa shape index (κ2) is 8.71. The zero-order chi connectivity index (χ0) is 19.4. The Morgan fingerprint density at radius 1 is 1.26 bits per heavy atom. The number of sulfonamides is 1. The SMILES string of the molecule is CC(=O)N1c2ccc(S(=O)(=O)NCCCOC3CCCCC3)cc2CC1C. The van der Waals surface area contributed by atoms with Crippen LogP contribution in [0.2, 0.25) is 0 Å². The molecule has 2 aliphatic rings. The van der Waals surface area contributed by atoms with Gasteiger partial charge in [-0.25, -0.2) is 13.1 Å². The van der Waals surface area contributed by atoms with Gasteiger partial charge in [-0.15, -0.1) is 0 Å². The Bertz CT molecular complexity index is 772. The fourth-order valence-corrected chi connectivity index (χ4v) is 5.22. The molecule has 6 nitrogen and oxygen atoms in total. The minimum atomic E-state index is -3.55. The summed E-state index contributed by atoms with van der Waals surface area (Å²) in [6.45, 7) is 4.46. The number of nitrogens with zero attached hydrogens (tertiary/aromatic N) is 1. The Labute approximate surface area is 162 Å². The van der Waals surface area contributed by atoms with Gasteiger partial charge in [0.2, 0.25) is 15.9 Å². The van der Waals surface area contributed by atoms with Gasteiger partial charge in [0, 0.05) is 31.8 Å². The van der Waals surface area contributed by atoms with Gasteiger partial charge in [0.1, 0.15) is 0 Å². The molecule has 0 radical (unpaired) electrons. The number of hydrogen-bond acceptors (Lipinski definition) is 4. The first-order valence-electron chi connectivity index (χ1n) is 9.92. The molecule has 1 atom stereocenters. The fraction of sp³-hybridized carbons (Fsp3) is 0.650. The molecule has 1 unspecified atom stereocenters. The molecule has 0 bridgehead atoms. The molecule has 1 N–H and O–H groups in total. The van der Waals surface area contributed by atoms with Gasteiger partial charge in [-0.2, -0.15) is 0 Å². The third kappa shape index (κ3) is 4.89. The molecule has 0 spiro atoms. The highest BCUT2D eigenvalue weighted by molar-refractivity contribution is 7.89. The first-order valence-corrected chi connectivity index (χ1v) is 11.4. The Hall–Kier alpha value is -1.44. The molecule has 3 rings (SSSR count). The first kappa shape index (κ1) is 20.3. The number of benzene rings is 1. The standard InChI is InChI=1S/C20H30N2O4S/c1-15-13-17-14-19(9-10-20(17)22(15)16(2)23)27(24,25)21-11-6-12-26-18-7-4-3-5-8-18/h9-10,14-15,18,21H,3-8,11-13H2,1-2H3. The highest BCUT2D eigenvalue weighted by atomic mass is 32.2. The minimum absolute atomic E-state index is 0.0204. The van der Waals surface area contributed by atoms with Crippen molar-refractivity contribution < 1.29 is 17.9 Å². The average Bonchev–Trinajstić information content (AvgIpc) is 2.97. The van der Waals surface area contributed by atoms with E-state index in [1.165, 1.54) is 26.2 Å². The first-order chi connectivity index (χ1) is 12.9. The predicted molar refractivity (Wildman–Crippen MR) is 105 cm³/mol. The number of amides is 1. The summed E-state index contributed by atoms with van der Waals surface area (Å²) in [4.78, 5) is 13.8. The highest BCUT2D eigenvalue weighted by Crippen LogP contribution is 2.33. The zero-order valence-corrected chi connectivity index (χ0v) is 17.1. The summed E-state index contributed by atoms with van der Waals surface area (Å²) in [6.07, 6.45) is 7.68. The molecule has 7 heteroatoms. The maximum Gasteiger partial charge on any atom is 0.240 e. The van der Waals surface area contributed by atoms with Crippen molar-refractivity contribution in [3.05, 3.63) is 23.8 Å². The normalized spacial score (nSPS) is 20.7. The lowest BCUT2D eigenvalue weighted by molar-refractivity contribution is -0.116. The Balaban J connectivity index is 1.53. The van der Waals surface area contributed by atoms with Crippen LogP contribution in [0.25, 0.3) is 0 Å². The summed E-state index contributed by atoms with van der Waals surface area (Å²) in [5.41, 5.74) is 1.72. The van der Waals surface area contributed by atoms with Crippen LogP contribution < -0.4 is 9.62 Å². The smallest absolute Gasteiger partial charge is 0.240 e. The maximum atomic E-state index is 12.6. The summed E-state index contributed by atoms with van der Waals surface area (Å²) < 4.78 is 33.6. The van der Waals surface area contributed by atoms with Gasteiger partial charge in [-0.1, -0.05) is 19.3 Å². The Morgan fingerprint density at radius 3 is 2.70 bits per heavy atom. The lowest BCUT2D eigenvalue weighted by atomic mass is 9.98. The number of ether oxygens (including phenoxy) is 1. The Kier molecular flexibility index (Phi) is 6.55. The third-order valence-electron chi connectivity index (χ3n) is 5.44. The van der Waals surface area contributed by atoms with Gasteiger partial charge in [-0.3, -0.25) is 4.79 Å². The monoisotopic (exact) mass is 394 g/mol. The van der Waals surface area contributed by atoms with E-state index in [9.17, 15) is 13.2 Å². The van der Waals surface area contributed by atoms with Gasteiger partial charge in [0.05, 0.1) is 11.0 Å². The van der Waals surface area contributed by atoms with Crippen molar-refractivity contribution in [2.75, 3.05) is 18.1 Å². The fourth-order valence-electron chi connectivity index (χ4n) is 4.10. The van der Waals surface area contributed by atoms with E-state index in [4.69, 9.17) is 4.74 Å². The molecular weight excluding hydrogens is 364 g/mol. The topological polar surface area (TPSA) is 75.7 Å². The molecule has 1 amide bonds. The van der Waals surface area contributed by atoms with Crippen molar-refractivity contribution in [3.8, 4) is 0 Å². The third-order valence-corrected chi connectivity index (χ3v) is 6.89. The summed E-state index contributed by atoms with van der Waals surface area (Å²) in [7, 11) is -3.55. The molecule has 1 aromatic rings. The summed E-state index contributed by atoms with van der Waals surface area (Å²) in [5, 5.41) is 0. The second-order valence-electron chi connectivity index (χ2n) is 7.61. The van der Waals surface area contributed by atoms with Gasteiger partial charge < -0.3 is 9.64 Å². The molecule has 1 saturated carbocycles. The highest BCUT2D eigenvalue weighted by Gasteiger charge is 2.30. The van der Waals surface area contributed by atoms with Crippen molar-refractivity contribution in [3.63, 3.8) is 0 Å². The van der Waals surface area contributed by atoms with Crippen molar-refractivity contribution in [2.24, 2.45) is 0 Å². The number of anilines is 1. The van der Waals surface area contributed by atoms with E-state index in [-0.39, 0.29) is 16.8 Å². The van der Waals surface area contributed by atoms with Crippen molar-refractivity contribution in [1.29, 1.82) is 0 Å². The average molecular weight is 395 g/mol. The second-order valence-corrected chi connectivity index (χ2v) is 9.38. The van der Waals surface area contributed by atoms with Crippen molar-refractivity contribution in [1.82, 2.24) is 4.72 Å². The van der Waals surface area contributed by atoms with Gasteiger partial charge >= 0.3 is 0 Å². The van der Waals surface area contributed by atoms with Crippen LogP contribution >= 0.6 is 0 Å². The summed E-state index contributed by atoms with van der Waals surface area (Å²) in [6, 6.07) is 5.06. The minimum Gasteiger partial charge on any atom is -0.378 e. The van der Waals surface area contributed by atoms with Crippen LogP contribution in [0.15, 0.2) is 23.1 Å². The van der Waals surface area contributed by atoms with Crippen LogP contribution in [-0.2, 0) is 26.0 Å². The number of carbonyl (C=O) groups is 1. The van der Waals surface area contributed by atoms with Crippen LogP contribution in [0.1, 0.15) is 57.9 Å². The molecule has 27 heavy (non-hydrogen) atoms. The lowest BCUT2D eigenvalue weighted by Crippen LogP contribution is -2.33. The summed E-state index contributed by atoms with van der Waals surface area (Å²) in [5.74, 6) is -0.0204. The molecule has 150 valence electrons. The number of rotatable bonds is 7. The van der Waals surface area contributed by atoms with Crippen LogP contribution in [-0.4, -0.2) is 39.6 Å². The van der Waals surface area contributed by atoms with E-state index in [1.807, 2.05) is 6.92 Å². The van der Waals surface area contributed by atoms with Crippen LogP contribution in [0.5, 0.6) is 0 Å². The number of carbonyl (C=O) groups excluding carboxylic acids is 1. The predicted octanol–water partition coefficient (Wildman–Crippen LogP) is 3.00. The van der Waals surface area contributed by atoms with E-state index in [0.717, 1.165) is 24.1 Å². The molecular formula is C20H30N2O4S. The van der Waals surface area contributed by atoms with Crippen molar-refractivity contribution >= 4 is 21.6 Å². The van der Waals surface area contributed by atoms with Gasteiger partial charge in [0.25, 0.3) is 0 Å². The van der Waals surface area contributed by atoms with Gasteiger partial charge in [0.15, 0.2) is 0 Å². The van der Waals surface area contributed by atoms with E-state index in [2.05, 4.69) is 4.72 Å². The number of nitrogens with one attached hydrogen (secondary N) is 1.